The minimum atomic E-state index is -0.251. The van der Waals surface area contributed by atoms with Gasteiger partial charge in [0.1, 0.15) is 0 Å². The highest BCUT2D eigenvalue weighted by Gasteiger charge is 2.43. The van der Waals surface area contributed by atoms with Crippen LogP contribution in [0.15, 0.2) is 35.6 Å². The molecular weight excluding hydrogens is 322 g/mol. The molecular formula is C20H26ClNO2. The zero-order valence-electron chi connectivity index (χ0n) is 14.3. The van der Waals surface area contributed by atoms with Crippen LogP contribution in [0.2, 0.25) is 5.02 Å². The van der Waals surface area contributed by atoms with Crippen LogP contribution in [0.1, 0.15) is 58.3 Å². The first kappa shape index (κ1) is 17.3. The van der Waals surface area contributed by atoms with Crippen molar-refractivity contribution in [2.75, 3.05) is 4.90 Å². The summed E-state index contributed by atoms with van der Waals surface area (Å²) in [6.07, 6.45) is 8.83. The van der Waals surface area contributed by atoms with Crippen LogP contribution in [0.5, 0.6) is 0 Å². The van der Waals surface area contributed by atoms with Gasteiger partial charge in [0.15, 0.2) is 5.76 Å². The smallest absolute Gasteiger partial charge is 0.293 e. The lowest BCUT2D eigenvalue weighted by Gasteiger charge is -2.35. The number of carbonyl (C=O) groups is 1. The second-order valence-electron chi connectivity index (χ2n) is 6.97. The number of aliphatic hydroxyl groups excluding tert-OH is 1. The van der Waals surface area contributed by atoms with E-state index in [4.69, 9.17) is 11.6 Å². The molecule has 1 atom stereocenters. The van der Waals surface area contributed by atoms with Gasteiger partial charge in [-0.2, -0.15) is 0 Å². The van der Waals surface area contributed by atoms with Crippen molar-refractivity contribution < 1.29 is 9.90 Å². The zero-order valence-corrected chi connectivity index (χ0v) is 15.1. The minimum Gasteiger partial charge on any atom is -0.503 e. The van der Waals surface area contributed by atoms with Crippen LogP contribution in [0.4, 0.5) is 5.69 Å². The number of aliphatic hydroxyl groups is 1. The maximum absolute atomic E-state index is 12.8. The number of benzene rings is 1. The summed E-state index contributed by atoms with van der Waals surface area (Å²) >= 11 is 6.00. The lowest BCUT2D eigenvalue weighted by Crippen LogP contribution is -2.41. The lowest BCUT2D eigenvalue weighted by atomic mass is 9.80. The van der Waals surface area contributed by atoms with Crippen LogP contribution >= 0.6 is 11.6 Å². The van der Waals surface area contributed by atoms with E-state index in [-0.39, 0.29) is 17.7 Å². The molecule has 1 unspecified atom stereocenters. The molecule has 4 heteroatoms. The van der Waals surface area contributed by atoms with E-state index < -0.39 is 0 Å². The summed E-state index contributed by atoms with van der Waals surface area (Å²) < 4.78 is 0. The first-order valence-electron chi connectivity index (χ1n) is 9.14. The molecule has 130 valence electrons. The standard InChI is InChI=1S/C20H26ClNO2/c1-2-3-9-17-18(14-7-5-4-6-8-14)22(20(24)19(17)23)16-12-10-15(21)11-13-16/h10-14,18,23H,2-9H2,1H3. The molecule has 1 aromatic rings. The van der Waals surface area contributed by atoms with Crippen LogP contribution in [-0.4, -0.2) is 17.1 Å². The topological polar surface area (TPSA) is 40.5 Å². The average Bonchev–Trinajstić information content (AvgIpc) is 2.86. The predicted molar refractivity (Wildman–Crippen MR) is 98.5 cm³/mol. The number of hydrogen-bond acceptors (Lipinski definition) is 2. The Hall–Kier alpha value is -1.48. The van der Waals surface area contributed by atoms with Crippen LogP contribution in [0.3, 0.4) is 0 Å². The van der Waals surface area contributed by atoms with E-state index in [9.17, 15) is 9.90 Å². The monoisotopic (exact) mass is 347 g/mol. The minimum absolute atomic E-state index is 0.00512. The molecule has 0 saturated heterocycles. The van der Waals surface area contributed by atoms with Gasteiger partial charge in [0.25, 0.3) is 5.91 Å². The number of halogens is 1. The van der Waals surface area contributed by atoms with E-state index in [1.54, 1.807) is 0 Å². The molecule has 3 rings (SSSR count). The van der Waals surface area contributed by atoms with Crippen molar-refractivity contribution >= 4 is 23.2 Å². The average molecular weight is 348 g/mol. The SMILES string of the molecule is CCCCC1=C(O)C(=O)N(c2ccc(Cl)cc2)C1C1CCCCC1. The van der Waals surface area contributed by atoms with Gasteiger partial charge >= 0.3 is 0 Å². The molecule has 3 nitrogen and oxygen atoms in total. The summed E-state index contributed by atoms with van der Waals surface area (Å²) in [5, 5.41) is 11.2. The van der Waals surface area contributed by atoms with Gasteiger partial charge in [-0.3, -0.25) is 9.69 Å². The largest absolute Gasteiger partial charge is 0.503 e. The molecule has 0 spiro atoms. The van der Waals surface area contributed by atoms with Gasteiger partial charge in [-0.25, -0.2) is 0 Å². The highest BCUT2D eigenvalue weighted by molar-refractivity contribution is 6.30. The van der Waals surface area contributed by atoms with E-state index in [0.717, 1.165) is 43.4 Å². The third kappa shape index (κ3) is 3.32. The van der Waals surface area contributed by atoms with Crippen LogP contribution in [-0.2, 0) is 4.79 Å². The van der Waals surface area contributed by atoms with Gasteiger partial charge in [-0.15, -0.1) is 0 Å². The summed E-state index contributed by atoms with van der Waals surface area (Å²) in [7, 11) is 0. The molecule has 0 bridgehead atoms. The maximum Gasteiger partial charge on any atom is 0.293 e. The fraction of sp³-hybridized carbons (Fsp3) is 0.550. The highest BCUT2D eigenvalue weighted by atomic mass is 35.5. The van der Waals surface area contributed by atoms with Crippen molar-refractivity contribution in [3.8, 4) is 0 Å². The van der Waals surface area contributed by atoms with Gasteiger partial charge < -0.3 is 5.11 Å². The molecule has 1 saturated carbocycles. The number of nitrogens with zero attached hydrogens (tertiary/aromatic N) is 1. The summed E-state index contributed by atoms with van der Waals surface area (Å²) in [5.74, 6) is 0.169. The molecule has 1 amide bonds. The molecule has 0 radical (unpaired) electrons. The Balaban J connectivity index is 1.96. The van der Waals surface area contributed by atoms with Gasteiger partial charge in [-0.05, 0) is 55.9 Å². The van der Waals surface area contributed by atoms with Crippen molar-refractivity contribution in [1.82, 2.24) is 0 Å². The summed E-state index contributed by atoms with van der Waals surface area (Å²) in [6.45, 7) is 2.14. The summed E-state index contributed by atoms with van der Waals surface area (Å²) in [6, 6.07) is 7.38. The lowest BCUT2D eigenvalue weighted by molar-refractivity contribution is -0.117. The number of hydrogen-bond donors (Lipinski definition) is 1. The van der Waals surface area contributed by atoms with E-state index in [1.165, 1.54) is 19.3 Å². The summed E-state index contributed by atoms with van der Waals surface area (Å²) in [4.78, 5) is 14.6. The third-order valence-corrected chi connectivity index (χ3v) is 5.61. The molecule has 1 aliphatic heterocycles. The van der Waals surface area contributed by atoms with Crippen LogP contribution in [0.25, 0.3) is 0 Å². The third-order valence-electron chi connectivity index (χ3n) is 5.36. The van der Waals surface area contributed by atoms with E-state index in [2.05, 4.69) is 6.92 Å². The maximum atomic E-state index is 12.8. The molecule has 24 heavy (non-hydrogen) atoms. The molecule has 1 aliphatic carbocycles. The number of amides is 1. The summed E-state index contributed by atoms with van der Waals surface area (Å²) in [5.41, 5.74) is 1.78. The Morgan fingerprint density at radius 2 is 1.83 bits per heavy atom. The Kier molecular flexibility index (Phi) is 5.50. The highest BCUT2D eigenvalue weighted by Crippen LogP contribution is 2.41. The number of anilines is 1. The van der Waals surface area contributed by atoms with Crippen molar-refractivity contribution in [2.45, 2.75) is 64.3 Å². The second kappa shape index (κ2) is 7.60. The molecule has 2 aliphatic rings. The molecule has 1 N–H and O–H groups in total. The molecule has 1 heterocycles. The van der Waals surface area contributed by atoms with E-state index in [0.29, 0.717) is 10.9 Å². The van der Waals surface area contributed by atoms with Crippen LogP contribution < -0.4 is 4.90 Å². The first-order valence-corrected chi connectivity index (χ1v) is 9.52. The molecule has 1 aromatic carbocycles. The van der Waals surface area contributed by atoms with Gasteiger partial charge in [0.05, 0.1) is 6.04 Å². The van der Waals surface area contributed by atoms with Crippen molar-refractivity contribution in [1.29, 1.82) is 0 Å². The molecule has 1 fully saturated rings. The van der Waals surface area contributed by atoms with E-state index >= 15 is 0 Å². The normalized spacial score (nSPS) is 22.5. The fourth-order valence-electron chi connectivity index (χ4n) is 4.13. The van der Waals surface area contributed by atoms with Gasteiger partial charge in [-0.1, -0.05) is 44.2 Å². The second-order valence-corrected chi connectivity index (χ2v) is 7.41. The Labute approximate surface area is 149 Å². The quantitative estimate of drug-likeness (QED) is 0.748. The first-order chi connectivity index (χ1) is 11.6. The number of unbranched alkanes of at least 4 members (excludes halogenated alkanes) is 1. The predicted octanol–water partition coefficient (Wildman–Crippen LogP) is 5.64. The fourth-order valence-corrected chi connectivity index (χ4v) is 4.26. The van der Waals surface area contributed by atoms with E-state index in [1.807, 2.05) is 29.2 Å². The Bertz CT molecular complexity index is 617. The van der Waals surface area contributed by atoms with Crippen molar-refractivity contribution in [2.24, 2.45) is 5.92 Å². The Morgan fingerprint density at radius 3 is 2.46 bits per heavy atom. The zero-order chi connectivity index (χ0) is 17.1. The van der Waals surface area contributed by atoms with Crippen molar-refractivity contribution in [3.05, 3.63) is 40.6 Å². The van der Waals surface area contributed by atoms with Crippen LogP contribution in [0, 0.1) is 5.92 Å². The number of carbonyl (C=O) groups excluding carboxylic acids is 1. The van der Waals surface area contributed by atoms with Gasteiger partial charge in [0, 0.05) is 16.3 Å². The Morgan fingerprint density at radius 1 is 1.17 bits per heavy atom. The molecule has 0 aromatic heterocycles. The van der Waals surface area contributed by atoms with Crippen molar-refractivity contribution in [3.63, 3.8) is 0 Å². The van der Waals surface area contributed by atoms with Gasteiger partial charge in [0.2, 0.25) is 0 Å². The number of rotatable bonds is 5.